The maximum absolute atomic E-state index is 11.7. The van der Waals surface area contributed by atoms with Crippen LogP contribution in [0.1, 0.15) is 18.3 Å². The van der Waals surface area contributed by atoms with Crippen LogP contribution in [0.2, 0.25) is 0 Å². The van der Waals surface area contributed by atoms with Crippen LogP contribution in [0.3, 0.4) is 0 Å². The van der Waals surface area contributed by atoms with Crippen LogP contribution in [-0.2, 0) is 18.4 Å². The third-order valence-electron chi connectivity index (χ3n) is 4.26. The van der Waals surface area contributed by atoms with Gasteiger partial charge in [0.2, 0.25) is 5.91 Å². The summed E-state index contributed by atoms with van der Waals surface area (Å²) in [6, 6.07) is 13.8. The van der Waals surface area contributed by atoms with Gasteiger partial charge in [0.05, 0.1) is 5.52 Å². The van der Waals surface area contributed by atoms with Crippen LogP contribution in [-0.4, -0.2) is 22.5 Å². The molecule has 0 saturated carbocycles. The molecule has 0 unspecified atom stereocenters. The molecule has 0 bridgehead atoms. The standard InChI is InChI=1S/C19H21N3O2/c1-13-20-19-17(21(13)3)10-16(22(4)14(2)23)11-18(19)24-12-15-8-6-5-7-9-15/h5-11H,12H2,1-4H3. The van der Waals surface area contributed by atoms with Crippen molar-refractivity contribution in [1.29, 1.82) is 0 Å². The number of hydrogen-bond donors (Lipinski definition) is 0. The minimum atomic E-state index is -0.0257. The van der Waals surface area contributed by atoms with E-state index in [1.807, 2.05) is 61.0 Å². The smallest absolute Gasteiger partial charge is 0.223 e. The van der Waals surface area contributed by atoms with Crippen molar-refractivity contribution in [3.8, 4) is 5.75 Å². The van der Waals surface area contributed by atoms with Crippen molar-refractivity contribution < 1.29 is 9.53 Å². The summed E-state index contributed by atoms with van der Waals surface area (Å²) in [5, 5.41) is 0. The highest BCUT2D eigenvalue weighted by Gasteiger charge is 2.15. The van der Waals surface area contributed by atoms with Crippen molar-refractivity contribution >= 4 is 22.6 Å². The van der Waals surface area contributed by atoms with Crippen molar-refractivity contribution in [3.05, 3.63) is 53.9 Å². The minimum absolute atomic E-state index is 0.0257. The second-order valence-corrected chi connectivity index (χ2v) is 5.88. The molecule has 1 aromatic heterocycles. The van der Waals surface area contributed by atoms with Gasteiger partial charge in [0.15, 0.2) is 0 Å². The Balaban J connectivity index is 2.04. The summed E-state index contributed by atoms with van der Waals surface area (Å²) >= 11 is 0. The molecule has 3 rings (SSSR count). The summed E-state index contributed by atoms with van der Waals surface area (Å²) in [4.78, 5) is 17.9. The molecule has 124 valence electrons. The molecular weight excluding hydrogens is 302 g/mol. The average molecular weight is 323 g/mol. The van der Waals surface area contributed by atoms with Gasteiger partial charge in [0, 0.05) is 32.8 Å². The molecule has 0 radical (unpaired) electrons. The highest BCUT2D eigenvalue weighted by molar-refractivity contribution is 5.95. The van der Waals surface area contributed by atoms with E-state index in [0.717, 1.165) is 28.1 Å². The van der Waals surface area contributed by atoms with Crippen LogP contribution in [0.25, 0.3) is 11.0 Å². The number of hydrogen-bond acceptors (Lipinski definition) is 3. The van der Waals surface area contributed by atoms with Crippen molar-refractivity contribution in [3.63, 3.8) is 0 Å². The molecule has 0 N–H and O–H groups in total. The topological polar surface area (TPSA) is 47.4 Å². The molecule has 0 spiro atoms. The fraction of sp³-hybridized carbons (Fsp3) is 0.263. The number of anilines is 1. The Morgan fingerprint density at radius 2 is 1.96 bits per heavy atom. The zero-order valence-corrected chi connectivity index (χ0v) is 14.4. The number of carbonyl (C=O) groups excluding carboxylic acids is 1. The first kappa shape index (κ1) is 16.1. The van der Waals surface area contributed by atoms with Crippen LogP contribution in [0.5, 0.6) is 5.75 Å². The summed E-state index contributed by atoms with van der Waals surface area (Å²) in [6.45, 7) is 3.96. The molecule has 0 atom stereocenters. The maximum Gasteiger partial charge on any atom is 0.223 e. The fourth-order valence-electron chi connectivity index (χ4n) is 2.58. The zero-order chi connectivity index (χ0) is 17.3. The highest BCUT2D eigenvalue weighted by Crippen LogP contribution is 2.32. The Hall–Kier alpha value is -2.82. The predicted octanol–water partition coefficient (Wildman–Crippen LogP) is 3.44. The van der Waals surface area contributed by atoms with E-state index in [-0.39, 0.29) is 5.91 Å². The molecular formula is C19H21N3O2. The average Bonchev–Trinajstić information content (AvgIpc) is 2.87. The van der Waals surface area contributed by atoms with Crippen LogP contribution < -0.4 is 9.64 Å². The molecule has 5 nitrogen and oxygen atoms in total. The number of amides is 1. The van der Waals surface area contributed by atoms with E-state index in [9.17, 15) is 4.79 Å². The van der Waals surface area contributed by atoms with Gasteiger partial charge in [-0.1, -0.05) is 30.3 Å². The number of aryl methyl sites for hydroxylation is 2. The van der Waals surface area contributed by atoms with Gasteiger partial charge in [-0.3, -0.25) is 4.79 Å². The number of nitrogens with zero attached hydrogens (tertiary/aromatic N) is 3. The molecule has 0 aliphatic carbocycles. The van der Waals surface area contributed by atoms with Crippen LogP contribution in [0.15, 0.2) is 42.5 Å². The van der Waals surface area contributed by atoms with Gasteiger partial charge in [0.1, 0.15) is 23.7 Å². The highest BCUT2D eigenvalue weighted by atomic mass is 16.5. The lowest BCUT2D eigenvalue weighted by atomic mass is 10.2. The number of carbonyl (C=O) groups is 1. The van der Waals surface area contributed by atoms with E-state index in [0.29, 0.717) is 12.4 Å². The van der Waals surface area contributed by atoms with E-state index in [4.69, 9.17) is 4.74 Å². The van der Waals surface area contributed by atoms with E-state index in [1.54, 1.807) is 18.9 Å². The van der Waals surface area contributed by atoms with Gasteiger partial charge in [0.25, 0.3) is 0 Å². The zero-order valence-electron chi connectivity index (χ0n) is 14.4. The van der Waals surface area contributed by atoms with E-state index >= 15 is 0 Å². The number of fused-ring (bicyclic) bond motifs is 1. The summed E-state index contributed by atoms with van der Waals surface area (Å²) in [7, 11) is 3.72. The summed E-state index contributed by atoms with van der Waals surface area (Å²) in [5.41, 5.74) is 3.64. The monoisotopic (exact) mass is 323 g/mol. The Bertz CT molecular complexity index is 885. The molecule has 0 aliphatic rings. The van der Waals surface area contributed by atoms with Gasteiger partial charge < -0.3 is 14.2 Å². The first-order chi connectivity index (χ1) is 11.5. The molecule has 1 heterocycles. The van der Waals surface area contributed by atoms with Crippen molar-refractivity contribution in [2.75, 3.05) is 11.9 Å². The lowest BCUT2D eigenvalue weighted by Gasteiger charge is -2.17. The Kier molecular flexibility index (Phi) is 4.25. The predicted molar refractivity (Wildman–Crippen MR) is 95.3 cm³/mol. The van der Waals surface area contributed by atoms with E-state index < -0.39 is 0 Å². The molecule has 0 saturated heterocycles. The largest absolute Gasteiger partial charge is 0.486 e. The summed E-state index contributed by atoms with van der Waals surface area (Å²) in [5.74, 6) is 1.56. The number of aromatic nitrogens is 2. The Morgan fingerprint density at radius 3 is 2.62 bits per heavy atom. The summed E-state index contributed by atoms with van der Waals surface area (Å²) in [6.07, 6.45) is 0. The fourth-order valence-corrected chi connectivity index (χ4v) is 2.58. The van der Waals surface area contributed by atoms with Gasteiger partial charge >= 0.3 is 0 Å². The quantitative estimate of drug-likeness (QED) is 0.739. The Labute approximate surface area is 141 Å². The first-order valence-electron chi connectivity index (χ1n) is 7.85. The van der Waals surface area contributed by atoms with Crippen molar-refractivity contribution in [2.24, 2.45) is 7.05 Å². The Morgan fingerprint density at radius 1 is 1.25 bits per heavy atom. The van der Waals surface area contributed by atoms with Gasteiger partial charge in [-0.2, -0.15) is 0 Å². The van der Waals surface area contributed by atoms with Crippen LogP contribution in [0.4, 0.5) is 5.69 Å². The van der Waals surface area contributed by atoms with Gasteiger partial charge in [-0.15, -0.1) is 0 Å². The molecule has 0 aliphatic heterocycles. The maximum atomic E-state index is 11.7. The lowest BCUT2D eigenvalue weighted by molar-refractivity contribution is -0.116. The van der Waals surface area contributed by atoms with Crippen molar-refractivity contribution in [1.82, 2.24) is 9.55 Å². The molecule has 1 amide bonds. The van der Waals surface area contributed by atoms with Crippen molar-refractivity contribution in [2.45, 2.75) is 20.5 Å². The van der Waals surface area contributed by atoms with E-state index in [1.165, 1.54) is 0 Å². The third-order valence-corrected chi connectivity index (χ3v) is 4.26. The number of imidazole rings is 1. The molecule has 0 fully saturated rings. The van der Waals surface area contributed by atoms with Crippen LogP contribution in [0, 0.1) is 6.92 Å². The van der Waals surface area contributed by atoms with Gasteiger partial charge in [-0.25, -0.2) is 4.98 Å². The SMILES string of the molecule is CC(=O)N(C)c1cc(OCc2ccccc2)c2nc(C)n(C)c2c1. The minimum Gasteiger partial charge on any atom is -0.486 e. The summed E-state index contributed by atoms with van der Waals surface area (Å²) < 4.78 is 8.03. The number of rotatable bonds is 4. The second kappa shape index (κ2) is 6.35. The third kappa shape index (κ3) is 2.97. The number of ether oxygens (including phenoxy) is 1. The first-order valence-corrected chi connectivity index (χ1v) is 7.85. The molecule has 5 heteroatoms. The second-order valence-electron chi connectivity index (χ2n) is 5.88. The lowest BCUT2D eigenvalue weighted by Crippen LogP contribution is -2.22. The normalized spacial score (nSPS) is 10.8. The molecule has 24 heavy (non-hydrogen) atoms. The van der Waals surface area contributed by atoms with Gasteiger partial charge in [-0.05, 0) is 18.6 Å². The molecule has 2 aromatic carbocycles. The molecule has 3 aromatic rings. The van der Waals surface area contributed by atoms with Crippen LogP contribution >= 0.6 is 0 Å². The number of benzene rings is 2. The van der Waals surface area contributed by atoms with E-state index in [2.05, 4.69) is 4.98 Å².